The third-order valence-electron chi connectivity index (χ3n) is 6.94. The molecule has 2 aromatic carbocycles. The Morgan fingerprint density at radius 1 is 1.10 bits per heavy atom. The van der Waals surface area contributed by atoms with Crippen LogP contribution in [0, 0.1) is 0 Å². The van der Waals surface area contributed by atoms with Crippen LogP contribution in [0.1, 0.15) is 50.8 Å². The standard InChI is InChI=1S/C31H39N3O6/c1-31(2,3)40-30(37)34(20-29(36)39-21-22-8-6-5-7-9-22)23-13-16-33(17-14-23)19-28(35)25-12-15-32-27-11-10-24(38-4)18-26(25)27/h5-12,15,18,23,28,35H,13-14,16-17,19-21H2,1-4H3/t28-/m1/s1. The number of pyridine rings is 1. The van der Waals surface area contributed by atoms with Crippen LogP contribution in [-0.4, -0.2) is 76.9 Å². The van der Waals surface area contributed by atoms with Crippen molar-refractivity contribution in [3.63, 3.8) is 0 Å². The molecule has 4 rings (SSSR count). The molecule has 40 heavy (non-hydrogen) atoms. The first-order valence-corrected chi connectivity index (χ1v) is 13.6. The zero-order chi connectivity index (χ0) is 28.7. The Labute approximate surface area is 235 Å². The maximum Gasteiger partial charge on any atom is 0.411 e. The Hall–Kier alpha value is -3.69. The van der Waals surface area contributed by atoms with E-state index in [1.54, 1.807) is 34.1 Å². The van der Waals surface area contributed by atoms with E-state index in [-0.39, 0.29) is 19.2 Å². The van der Waals surface area contributed by atoms with Crippen LogP contribution in [0.4, 0.5) is 4.79 Å². The van der Waals surface area contributed by atoms with Crippen LogP contribution in [0.2, 0.25) is 0 Å². The number of aromatic nitrogens is 1. The largest absolute Gasteiger partial charge is 0.497 e. The molecule has 2 heterocycles. The number of aliphatic hydroxyl groups is 1. The summed E-state index contributed by atoms with van der Waals surface area (Å²) in [5, 5.41) is 12.0. The van der Waals surface area contributed by atoms with Crippen LogP contribution >= 0.6 is 0 Å². The highest BCUT2D eigenvalue weighted by Crippen LogP contribution is 2.28. The van der Waals surface area contributed by atoms with Gasteiger partial charge in [-0.15, -0.1) is 0 Å². The first kappa shape index (κ1) is 29.3. The van der Waals surface area contributed by atoms with Gasteiger partial charge in [-0.25, -0.2) is 4.79 Å². The number of carbonyl (C=O) groups excluding carboxylic acids is 2. The predicted molar refractivity (Wildman–Crippen MR) is 152 cm³/mol. The van der Waals surface area contributed by atoms with E-state index in [2.05, 4.69) is 9.88 Å². The molecule has 9 heteroatoms. The minimum absolute atomic E-state index is 0.147. The average Bonchev–Trinajstić information content (AvgIpc) is 2.94. The molecule has 1 N–H and O–H groups in total. The minimum Gasteiger partial charge on any atom is -0.497 e. The van der Waals surface area contributed by atoms with Gasteiger partial charge in [0.05, 0.1) is 18.7 Å². The lowest BCUT2D eigenvalue weighted by Gasteiger charge is -2.39. The topological polar surface area (TPSA) is 101 Å². The summed E-state index contributed by atoms with van der Waals surface area (Å²) in [5.41, 5.74) is 1.78. The molecule has 1 amide bonds. The molecule has 0 bridgehead atoms. The lowest BCUT2D eigenvalue weighted by Crippen LogP contribution is -2.51. The fourth-order valence-corrected chi connectivity index (χ4v) is 4.91. The number of hydrogen-bond acceptors (Lipinski definition) is 8. The van der Waals surface area contributed by atoms with Gasteiger partial charge in [-0.1, -0.05) is 30.3 Å². The number of likely N-dealkylation sites (tertiary alicyclic amines) is 1. The van der Waals surface area contributed by atoms with E-state index in [0.717, 1.165) is 22.0 Å². The zero-order valence-electron chi connectivity index (χ0n) is 23.7. The van der Waals surface area contributed by atoms with Crippen LogP contribution < -0.4 is 4.74 Å². The second kappa shape index (κ2) is 13.1. The molecular weight excluding hydrogens is 510 g/mol. The lowest BCUT2D eigenvalue weighted by molar-refractivity contribution is -0.147. The summed E-state index contributed by atoms with van der Waals surface area (Å²) < 4.78 is 16.5. The van der Waals surface area contributed by atoms with Gasteiger partial charge in [-0.2, -0.15) is 0 Å². The van der Waals surface area contributed by atoms with E-state index in [9.17, 15) is 14.7 Å². The quantitative estimate of drug-likeness (QED) is 0.383. The number of methoxy groups -OCH3 is 1. The Balaban J connectivity index is 1.38. The van der Waals surface area contributed by atoms with E-state index < -0.39 is 23.8 Å². The first-order chi connectivity index (χ1) is 19.1. The van der Waals surface area contributed by atoms with Crippen molar-refractivity contribution in [2.75, 3.05) is 33.3 Å². The van der Waals surface area contributed by atoms with E-state index >= 15 is 0 Å². The molecule has 214 valence electrons. The molecule has 1 aliphatic heterocycles. The van der Waals surface area contributed by atoms with Crippen LogP contribution in [0.25, 0.3) is 10.9 Å². The zero-order valence-corrected chi connectivity index (χ0v) is 23.7. The molecule has 1 atom stereocenters. The molecule has 1 aromatic heterocycles. The van der Waals surface area contributed by atoms with E-state index in [4.69, 9.17) is 14.2 Å². The number of esters is 1. The molecule has 1 fully saturated rings. The molecule has 0 saturated carbocycles. The third-order valence-corrected chi connectivity index (χ3v) is 6.94. The number of nitrogens with zero attached hydrogens (tertiary/aromatic N) is 3. The molecule has 0 aliphatic carbocycles. The van der Waals surface area contributed by atoms with Crippen LogP contribution in [0.3, 0.4) is 0 Å². The molecule has 0 spiro atoms. The summed E-state index contributed by atoms with van der Waals surface area (Å²) >= 11 is 0. The number of piperidine rings is 1. The number of fused-ring (bicyclic) bond motifs is 1. The number of β-amino-alcohol motifs (C(OH)–C–C–N with tert-alkyl or cyclic N) is 1. The summed E-state index contributed by atoms with van der Waals surface area (Å²) in [7, 11) is 1.61. The number of benzene rings is 2. The van der Waals surface area contributed by atoms with Crippen molar-refractivity contribution < 1.29 is 28.9 Å². The number of carbonyl (C=O) groups is 2. The summed E-state index contributed by atoms with van der Waals surface area (Å²) in [5.74, 6) is 0.229. The molecule has 9 nitrogen and oxygen atoms in total. The Morgan fingerprint density at radius 2 is 1.82 bits per heavy atom. The highest BCUT2D eigenvalue weighted by molar-refractivity contribution is 5.84. The summed E-state index contributed by atoms with van der Waals surface area (Å²) in [6.45, 7) is 7.14. The molecule has 1 saturated heterocycles. The number of ether oxygens (including phenoxy) is 3. The van der Waals surface area contributed by atoms with Crippen LogP contribution in [-0.2, 0) is 20.9 Å². The smallest absolute Gasteiger partial charge is 0.411 e. The average molecular weight is 550 g/mol. The number of hydrogen-bond donors (Lipinski definition) is 1. The molecule has 0 radical (unpaired) electrons. The SMILES string of the molecule is COc1ccc2nccc([C@H](O)CN3CCC(N(CC(=O)OCc4ccccc4)C(=O)OC(C)(C)C)CC3)c2c1. The van der Waals surface area contributed by atoms with Gasteiger partial charge in [0.2, 0.25) is 0 Å². The van der Waals surface area contributed by atoms with Gasteiger partial charge >= 0.3 is 12.1 Å². The van der Waals surface area contributed by atoms with E-state index in [0.29, 0.717) is 38.2 Å². The van der Waals surface area contributed by atoms with Gasteiger partial charge in [0.15, 0.2) is 0 Å². The van der Waals surface area contributed by atoms with Gasteiger partial charge < -0.3 is 24.2 Å². The molecule has 3 aromatic rings. The Morgan fingerprint density at radius 3 is 2.50 bits per heavy atom. The van der Waals surface area contributed by atoms with Crippen molar-refractivity contribution in [3.8, 4) is 5.75 Å². The molecule has 0 unspecified atom stereocenters. The van der Waals surface area contributed by atoms with Gasteiger partial charge in [0.1, 0.15) is 24.5 Å². The highest BCUT2D eigenvalue weighted by Gasteiger charge is 2.33. The summed E-state index contributed by atoms with van der Waals surface area (Å²) in [6.07, 6.45) is 1.74. The number of amides is 1. The third kappa shape index (κ3) is 7.92. The normalized spacial score (nSPS) is 15.4. The van der Waals surface area contributed by atoms with Gasteiger partial charge in [-0.3, -0.25) is 14.7 Å². The van der Waals surface area contributed by atoms with Crippen molar-refractivity contribution >= 4 is 23.0 Å². The Kier molecular flexibility index (Phi) is 9.60. The fraction of sp³-hybridized carbons (Fsp3) is 0.452. The summed E-state index contributed by atoms with van der Waals surface area (Å²) in [4.78, 5) is 33.9. The lowest BCUT2D eigenvalue weighted by atomic mass is 10.00. The number of aliphatic hydroxyl groups excluding tert-OH is 1. The van der Waals surface area contributed by atoms with Crippen molar-refractivity contribution in [3.05, 3.63) is 71.9 Å². The van der Waals surface area contributed by atoms with Crippen molar-refractivity contribution in [2.24, 2.45) is 0 Å². The monoisotopic (exact) mass is 549 g/mol. The predicted octanol–water partition coefficient (Wildman–Crippen LogP) is 4.72. The highest BCUT2D eigenvalue weighted by atomic mass is 16.6. The van der Waals surface area contributed by atoms with Crippen molar-refractivity contribution in [1.82, 2.24) is 14.8 Å². The van der Waals surface area contributed by atoms with E-state index in [1.165, 1.54) is 4.90 Å². The Bertz CT molecular complexity index is 1290. The molecule has 1 aliphatic rings. The first-order valence-electron chi connectivity index (χ1n) is 13.6. The van der Waals surface area contributed by atoms with Gasteiger partial charge in [0, 0.05) is 37.3 Å². The van der Waals surface area contributed by atoms with Gasteiger partial charge in [-0.05, 0) is 69.0 Å². The maximum absolute atomic E-state index is 13.1. The fourth-order valence-electron chi connectivity index (χ4n) is 4.91. The van der Waals surface area contributed by atoms with Crippen molar-refractivity contribution in [1.29, 1.82) is 0 Å². The van der Waals surface area contributed by atoms with E-state index in [1.807, 2.05) is 54.6 Å². The second-order valence-corrected chi connectivity index (χ2v) is 11.1. The maximum atomic E-state index is 13.1. The minimum atomic E-state index is -0.718. The van der Waals surface area contributed by atoms with Crippen molar-refractivity contribution in [2.45, 2.75) is 58.0 Å². The summed E-state index contributed by atoms with van der Waals surface area (Å²) in [6, 6.07) is 16.7. The van der Waals surface area contributed by atoms with Gasteiger partial charge in [0.25, 0.3) is 0 Å². The van der Waals surface area contributed by atoms with Crippen LogP contribution in [0.5, 0.6) is 5.75 Å². The second-order valence-electron chi connectivity index (χ2n) is 11.1. The molecular formula is C31H39N3O6. The van der Waals surface area contributed by atoms with Crippen LogP contribution in [0.15, 0.2) is 60.8 Å². The number of rotatable bonds is 9.